The Balaban J connectivity index is 2.22. The Hall–Kier alpha value is -1.23. The first-order chi connectivity index (χ1) is 9.41. The van der Waals surface area contributed by atoms with Crippen LogP contribution in [-0.4, -0.2) is 26.3 Å². The number of nitrogens with zero attached hydrogens (tertiary/aromatic N) is 1. The summed E-state index contributed by atoms with van der Waals surface area (Å²) in [6.07, 6.45) is -3.25. The van der Waals surface area contributed by atoms with Crippen LogP contribution in [0.15, 0.2) is 18.2 Å². The van der Waals surface area contributed by atoms with Gasteiger partial charge in [-0.25, -0.2) is 0 Å². The number of rotatable bonds is 3. The van der Waals surface area contributed by atoms with E-state index in [-0.39, 0.29) is 13.0 Å². The van der Waals surface area contributed by atoms with Crippen molar-refractivity contribution in [2.24, 2.45) is 5.92 Å². The van der Waals surface area contributed by atoms with Crippen LogP contribution < -0.4 is 10.2 Å². The molecule has 2 rings (SSSR count). The molecule has 0 aromatic heterocycles. The van der Waals surface area contributed by atoms with Crippen molar-refractivity contribution in [1.82, 2.24) is 5.32 Å². The van der Waals surface area contributed by atoms with Crippen molar-refractivity contribution in [1.29, 1.82) is 0 Å². The summed E-state index contributed by atoms with van der Waals surface area (Å²) in [5.74, 6) is -1.21. The summed E-state index contributed by atoms with van der Waals surface area (Å²) in [6.45, 7) is 3.44. The Morgan fingerprint density at radius 2 is 2.10 bits per heavy atom. The molecule has 0 saturated carbocycles. The van der Waals surface area contributed by atoms with Gasteiger partial charge in [0.2, 0.25) is 0 Å². The molecule has 1 aliphatic heterocycles. The standard InChI is InChI=1S/C15H21F3N2/c1-11-5-6-14(12(8-11)9-19-2)20-7-3-4-13(10-20)15(16,17)18/h5-6,8,13,19H,3-4,7,9-10H2,1-2H3. The molecule has 1 heterocycles. The Bertz CT molecular complexity index is 457. The van der Waals surface area contributed by atoms with Crippen LogP contribution in [-0.2, 0) is 6.54 Å². The summed E-state index contributed by atoms with van der Waals surface area (Å²) >= 11 is 0. The van der Waals surface area contributed by atoms with E-state index < -0.39 is 12.1 Å². The third-order valence-corrected chi connectivity index (χ3v) is 3.83. The number of hydrogen-bond acceptors (Lipinski definition) is 2. The number of halogens is 3. The fourth-order valence-corrected chi connectivity index (χ4v) is 2.82. The van der Waals surface area contributed by atoms with E-state index in [2.05, 4.69) is 5.32 Å². The first-order valence-electron chi connectivity index (χ1n) is 6.97. The van der Waals surface area contributed by atoms with Crippen LogP contribution in [0.5, 0.6) is 0 Å². The maximum atomic E-state index is 12.9. The number of nitrogens with one attached hydrogen (secondary N) is 1. The van der Waals surface area contributed by atoms with Crippen molar-refractivity contribution in [2.75, 3.05) is 25.0 Å². The van der Waals surface area contributed by atoms with Crippen molar-refractivity contribution >= 4 is 5.69 Å². The number of benzene rings is 1. The van der Waals surface area contributed by atoms with Crippen LogP contribution in [0.4, 0.5) is 18.9 Å². The molecule has 1 aromatic carbocycles. The predicted octanol–water partition coefficient (Wildman–Crippen LogP) is 3.49. The summed E-state index contributed by atoms with van der Waals surface area (Å²) in [5.41, 5.74) is 3.12. The Morgan fingerprint density at radius 3 is 2.75 bits per heavy atom. The molecule has 2 nitrogen and oxygen atoms in total. The number of alkyl halides is 3. The highest BCUT2D eigenvalue weighted by Crippen LogP contribution is 2.35. The van der Waals surface area contributed by atoms with Crippen molar-refractivity contribution < 1.29 is 13.2 Å². The first-order valence-corrected chi connectivity index (χ1v) is 6.97. The monoisotopic (exact) mass is 286 g/mol. The molecule has 1 aromatic rings. The number of anilines is 1. The van der Waals surface area contributed by atoms with Crippen molar-refractivity contribution in [2.45, 2.75) is 32.5 Å². The summed E-state index contributed by atoms with van der Waals surface area (Å²) in [4.78, 5) is 1.88. The lowest BCUT2D eigenvalue weighted by atomic mass is 9.96. The quantitative estimate of drug-likeness (QED) is 0.915. The second-order valence-corrected chi connectivity index (χ2v) is 5.49. The SMILES string of the molecule is CNCc1cc(C)ccc1N1CCCC(C(F)(F)F)C1. The maximum absolute atomic E-state index is 12.9. The highest BCUT2D eigenvalue weighted by molar-refractivity contribution is 5.55. The van der Waals surface area contributed by atoms with Gasteiger partial charge in [-0.1, -0.05) is 17.7 Å². The van der Waals surface area contributed by atoms with Crippen LogP contribution in [0.25, 0.3) is 0 Å². The second kappa shape index (κ2) is 6.04. The van der Waals surface area contributed by atoms with E-state index in [4.69, 9.17) is 0 Å². The van der Waals surface area contributed by atoms with Gasteiger partial charge in [0, 0.05) is 25.3 Å². The Kier molecular flexibility index (Phi) is 4.58. The maximum Gasteiger partial charge on any atom is 0.393 e. The van der Waals surface area contributed by atoms with Gasteiger partial charge >= 0.3 is 6.18 Å². The van der Waals surface area contributed by atoms with Crippen LogP contribution in [0.3, 0.4) is 0 Å². The topological polar surface area (TPSA) is 15.3 Å². The van der Waals surface area contributed by atoms with Gasteiger partial charge < -0.3 is 10.2 Å². The first kappa shape index (κ1) is 15.2. The lowest BCUT2D eigenvalue weighted by molar-refractivity contribution is -0.176. The molecule has 0 aliphatic carbocycles. The smallest absolute Gasteiger partial charge is 0.371 e. The molecule has 1 N–H and O–H groups in total. The Morgan fingerprint density at radius 1 is 1.35 bits per heavy atom. The summed E-state index contributed by atoms with van der Waals surface area (Å²) in [5, 5.41) is 3.08. The molecular formula is C15H21F3N2. The van der Waals surface area contributed by atoms with E-state index in [0.29, 0.717) is 19.5 Å². The molecule has 1 fully saturated rings. The van der Waals surface area contributed by atoms with Gasteiger partial charge in [0.15, 0.2) is 0 Å². The minimum Gasteiger partial charge on any atom is -0.371 e. The third-order valence-electron chi connectivity index (χ3n) is 3.83. The van der Waals surface area contributed by atoms with Gasteiger partial charge in [-0.05, 0) is 38.4 Å². The van der Waals surface area contributed by atoms with Crippen LogP contribution in [0.1, 0.15) is 24.0 Å². The molecule has 5 heteroatoms. The van der Waals surface area contributed by atoms with E-state index in [9.17, 15) is 13.2 Å². The predicted molar refractivity (Wildman–Crippen MR) is 74.9 cm³/mol. The minimum absolute atomic E-state index is 0.0727. The average molecular weight is 286 g/mol. The summed E-state index contributed by atoms with van der Waals surface area (Å²) in [7, 11) is 1.85. The molecule has 112 valence electrons. The lowest BCUT2D eigenvalue weighted by Gasteiger charge is -2.36. The van der Waals surface area contributed by atoms with E-state index in [1.54, 1.807) is 0 Å². The van der Waals surface area contributed by atoms with E-state index >= 15 is 0 Å². The number of hydrogen-bond donors (Lipinski definition) is 1. The largest absolute Gasteiger partial charge is 0.393 e. The Labute approximate surface area is 118 Å². The molecule has 1 aliphatic rings. The molecule has 0 radical (unpaired) electrons. The number of piperidine rings is 1. The molecule has 0 spiro atoms. The molecular weight excluding hydrogens is 265 g/mol. The van der Waals surface area contributed by atoms with Crippen LogP contribution in [0.2, 0.25) is 0 Å². The normalized spacial score (nSPS) is 20.2. The van der Waals surface area contributed by atoms with Crippen molar-refractivity contribution in [3.8, 4) is 0 Å². The minimum atomic E-state index is -4.09. The van der Waals surface area contributed by atoms with Gasteiger partial charge in [0.05, 0.1) is 5.92 Å². The van der Waals surface area contributed by atoms with Crippen LogP contribution in [0, 0.1) is 12.8 Å². The zero-order valence-electron chi connectivity index (χ0n) is 11.9. The zero-order chi connectivity index (χ0) is 14.8. The highest BCUT2D eigenvalue weighted by atomic mass is 19.4. The molecule has 1 atom stereocenters. The van der Waals surface area contributed by atoms with Gasteiger partial charge in [-0.2, -0.15) is 13.2 Å². The van der Waals surface area contributed by atoms with Gasteiger partial charge in [-0.3, -0.25) is 0 Å². The fraction of sp³-hybridized carbons (Fsp3) is 0.600. The molecule has 1 saturated heterocycles. The number of aryl methyl sites for hydroxylation is 1. The van der Waals surface area contributed by atoms with Gasteiger partial charge in [0.1, 0.15) is 0 Å². The summed E-state index contributed by atoms with van der Waals surface area (Å²) < 4.78 is 38.7. The average Bonchev–Trinajstić information content (AvgIpc) is 2.38. The molecule has 0 amide bonds. The van der Waals surface area contributed by atoms with E-state index in [1.165, 1.54) is 0 Å². The van der Waals surface area contributed by atoms with Gasteiger partial charge in [-0.15, -0.1) is 0 Å². The van der Waals surface area contributed by atoms with Crippen LogP contribution >= 0.6 is 0 Å². The third kappa shape index (κ3) is 3.45. The van der Waals surface area contributed by atoms with Gasteiger partial charge in [0.25, 0.3) is 0 Å². The lowest BCUT2D eigenvalue weighted by Crippen LogP contribution is -2.42. The highest BCUT2D eigenvalue weighted by Gasteiger charge is 2.42. The van der Waals surface area contributed by atoms with E-state index in [0.717, 1.165) is 16.8 Å². The van der Waals surface area contributed by atoms with Crippen molar-refractivity contribution in [3.05, 3.63) is 29.3 Å². The molecule has 1 unspecified atom stereocenters. The molecule has 20 heavy (non-hydrogen) atoms. The zero-order valence-corrected chi connectivity index (χ0v) is 11.9. The summed E-state index contributed by atoms with van der Waals surface area (Å²) in [6, 6.07) is 5.95. The molecule has 0 bridgehead atoms. The van der Waals surface area contributed by atoms with Crippen molar-refractivity contribution in [3.63, 3.8) is 0 Å². The second-order valence-electron chi connectivity index (χ2n) is 5.49. The van der Waals surface area contributed by atoms with E-state index in [1.807, 2.05) is 37.1 Å². The fourth-order valence-electron chi connectivity index (χ4n) is 2.82.